The number of aryl methyl sites for hydroxylation is 1. The number of amides is 1. The second-order valence-corrected chi connectivity index (χ2v) is 6.40. The van der Waals surface area contributed by atoms with Crippen LogP contribution in [0.1, 0.15) is 24.0 Å². The number of hydrogen-bond acceptors (Lipinski definition) is 5. The number of carbonyl (C=O) groups excluding carboxylic acids is 2. The summed E-state index contributed by atoms with van der Waals surface area (Å²) < 4.78 is 0.469. The van der Waals surface area contributed by atoms with E-state index in [1.54, 1.807) is 6.08 Å². The fraction of sp³-hybridized carbons (Fsp3) is 0.267. The highest BCUT2D eigenvalue weighted by Gasteiger charge is 2.31. The average molecular weight is 320 g/mol. The van der Waals surface area contributed by atoms with Gasteiger partial charge in [-0.1, -0.05) is 53.8 Å². The van der Waals surface area contributed by atoms with E-state index in [2.05, 4.69) is 0 Å². The number of benzene rings is 1. The number of aliphatic carboxylic acids is 1. The van der Waals surface area contributed by atoms with E-state index in [4.69, 9.17) is 12.2 Å². The molecule has 0 radical (unpaired) electrons. The van der Waals surface area contributed by atoms with Gasteiger partial charge >= 0.3 is 0 Å². The smallest absolute Gasteiger partial charge is 0.266 e. The zero-order chi connectivity index (χ0) is 15.4. The highest BCUT2D eigenvalue weighted by Crippen LogP contribution is 2.32. The summed E-state index contributed by atoms with van der Waals surface area (Å²) in [6.07, 6.45) is 2.07. The normalized spacial score (nSPS) is 16.8. The molecular weight excluding hydrogens is 306 g/mol. The summed E-state index contributed by atoms with van der Waals surface area (Å²) in [5, 5.41) is 10.4. The number of nitrogens with zero attached hydrogens (tertiary/aromatic N) is 1. The summed E-state index contributed by atoms with van der Waals surface area (Å²) in [6, 6.07) is 7.84. The van der Waals surface area contributed by atoms with Crippen LogP contribution in [0.3, 0.4) is 0 Å². The lowest BCUT2D eigenvalue weighted by Crippen LogP contribution is -2.30. The molecule has 0 bridgehead atoms. The molecule has 0 aromatic heterocycles. The first-order chi connectivity index (χ1) is 9.97. The topological polar surface area (TPSA) is 60.4 Å². The molecule has 1 fully saturated rings. The highest BCUT2D eigenvalue weighted by molar-refractivity contribution is 8.26. The van der Waals surface area contributed by atoms with Crippen LogP contribution in [0.25, 0.3) is 6.08 Å². The Labute approximate surface area is 132 Å². The molecule has 0 unspecified atom stereocenters. The van der Waals surface area contributed by atoms with Gasteiger partial charge in [0.1, 0.15) is 4.32 Å². The summed E-state index contributed by atoms with van der Waals surface area (Å²) in [6.45, 7) is 2.31. The molecule has 1 aliphatic heterocycles. The van der Waals surface area contributed by atoms with Crippen molar-refractivity contribution >= 4 is 46.3 Å². The molecule has 0 aliphatic carbocycles. The molecule has 1 aromatic rings. The van der Waals surface area contributed by atoms with E-state index in [-0.39, 0.29) is 12.3 Å². The SMILES string of the molecule is Cc1ccc(/C=C2\SC(=S)N(CCCC(=O)[O-])C2=O)cc1. The first kappa shape index (κ1) is 15.7. The quantitative estimate of drug-likeness (QED) is 0.611. The number of thiocarbonyl (C=S) groups is 1. The average Bonchev–Trinajstić information content (AvgIpc) is 2.68. The van der Waals surface area contributed by atoms with Crippen molar-refractivity contribution in [2.75, 3.05) is 6.54 Å². The van der Waals surface area contributed by atoms with Gasteiger partial charge in [-0.15, -0.1) is 0 Å². The lowest BCUT2D eigenvalue weighted by Gasteiger charge is -2.14. The fourth-order valence-electron chi connectivity index (χ4n) is 1.89. The van der Waals surface area contributed by atoms with Crippen LogP contribution >= 0.6 is 24.0 Å². The molecule has 0 saturated carbocycles. The van der Waals surface area contributed by atoms with Gasteiger partial charge in [0.2, 0.25) is 0 Å². The Morgan fingerprint density at radius 3 is 2.67 bits per heavy atom. The van der Waals surface area contributed by atoms with Crippen molar-refractivity contribution in [1.82, 2.24) is 4.90 Å². The number of hydrogen-bond donors (Lipinski definition) is 0. The predicted molar refractivity (Wildman–Crippen MR) is 85.3 cm³/mol. The van der Waals surface area contributed by atoms with Gasteiger partial charge in [-0.2, -0.15) is 0 Å². The van der Waals surface area contributed by atoms with Gasteiger partial charge in [-0.25, -0.2) is 0 Å². The third-order valence-corrected chi connectivity index (χ3v) is 4.39. The Hall–Kier alpha value is -1.66. The summed E-state index contributed by atoms with van der Waals surface area (Å²) in [5.41, 5.74) is 2.10. The van der Waals surface area contributed by atoms with E-state index < -0.39 is 5.97 Å². The van der Waals surface area contributed by atoms with E-state index in [0.717, 1.165) is 11.1 Å². The number of carboxylic acid groups (broad SMARTS) is 1. The fourth-order valence-corrected chi connectivity index (χ4v) is 3.20. The Morgan fingerprint density at radius 1 is 1.38 bits per heavy atom. The van der Waals surface area contributed by atoms with E-state index in [9.17, 15) is 14.7 Å². The standard InChI is InChI=1S/C15H15NO3S2/c1-10-4-6-11(7-5-10)9-12-14(19)16(15(20)21-12)8-2-3-13(17)18/h4-7,9H,2-3,8H2,1H3,(H,17,18)/p-1/b12-9-. The van der Waals surface area contributed by atoms with E-state index >= 15 is 0 Å². The highest BCUT2D eigenvalue weighted by atomic mass is 32.2. The second-order valence-electron chi connectivity index (χ2n) is 4.72. The van der Waals surface area contributed by atoms with Crippen molar-refractivity contribution in [3.8, 4) is 0 Å². The third-order valence-electron chi connectivity index (χ3n) is 3.01. The number of carbonyl (C=O) groups is 2. The number of thioether (sulfide) groups is 1. The van der Waals surface area contributed by atoms with Gasteiger partial charge < -0.3 is 9.90 Å². The Kier molecular flexibility index (Phi) is 5.14. The molecule has 0 N–H and O–H groups in total. The van der Waals surface area contributed by atoms with Crippen molar-refractivity contribution in [2.45, 2.75) is 19.8 Å². The van der Waals surface area contributed by atoms with Crippen LogP contribution in [0, 0.1) is 6.92 Å². The monoisotopic (exact) mass is 320 g/mol. The minimum Gasteiger partial charge on any atom is -0.550 e. The largest absolute Gasteiger partial charge is 0.550 e. The molecule has 0 spiro atoms. The zero-order valence-electron chi connectivity index (χ0n) is 11.5. The molecular formula is C15H14NO3S2-. The van der Waals surface area contributed by atoms with Crippen LogP contribution < -0.4 is 5.11 Å². The van der Waals surface area contributed by atoms with Crippen LogP contribution in [-0.2, 0) is 9.59 Å². The molecule has 2 rings (SSSR count). The maximum absolute atomic E-state index is 12.2. The molecule has 110 valence electrons. The maximum Gasteiger partial charge on any atom is 0.266 e. The van der Waals surface area contributed by atoms with Gasteiger partial charge in [-0.05, 0) is 31.4 Å². The summed E-state index contributed by atoms with van der Waals surface area (Å²) in [4.78, 5) is 24.7. The summed E-state index contributed by atoms with van der Waals surface area (Å²) in [7, 11) is 0. The van der Waals surface area contributed by atoms with Crippen LogP contribution in [0.4, 0.5) is 0 Å². The summed E-state index contributed by atoms with van der Waals surface area (Å²) >= 11 is 6.42. The molecule has 1 aliphatic rings. The lowest BCUT2D eigenvalue weighted by atomic mass is 10.1. The molecule has 1 aromatic carbocycles. The van der Waals surface area contributed by atoms with Crippen LogP contribution in [0.2, 0.25) is 0 Å². The van der Waals surface area contributed by atoms with Crippen LogP contribution in [0.15, 0.2) is 29.2 Å². The van der Waals surface area contributed by atoms with Gasteiger partial charge in [0.15, 0.2) is 0 Å². The minimum atomic E-state index is -1.12. The number of rotatable bonds is 5. The van der Waals surface area contributed by atoms with Crippen LogP contribution in [0.5, 0.6) is 0 Å². The lowest BCUT2D eigenvalue weighted by molar-refractivity contribution is -0.305. The van der Waals surface area contributed by atoms with Crippen molar-refractivity contribution in [3.63, 3.8) is 0 Å². The van der Waals surface area contributed by atoms with Crippen molar-refractivity contribution in [1.29, 1.82) is 0 Å². The second kappa shape index (κ2) is 6.87. The Balaban J connectivity index is 2.06. The first-order valence-electron chi connectivity index (χ1n) is 6.49. The number of carboxylic acids is 1. The van der Waals surface area contributed by atoms with Crippen molar-refractivity contribution in [2.24, 2.45) is 0 Å². The third kappa shape index (κ3) is 4.15. The zero-order valence-corrected chi connectivity index (χ0v) is 13.1. The van der Waals surface area contributed by atoms with E-state index in [1.165, 1.54) is 16.7 Å². The molecule has 1 heterocycles. The Bertz CT molecular complexity index is 608. The van der Waals surface area contributed by atoms with Crippen molar-refractivity contribution in [3.05, 3.63) is 40.3 Å². The molecule has 1 amide bonds. The molecule has 4 nitrogen and oxygen atoms in total. The molecule has 0 atom stereocenters. The molecule has 1 saturated heterocycles. The Morgan fingerprint density at radius 2 is 2.05 bits per heavy atom. The predicted octanol–water partition coefficient (Wildman–Crippen LogP) is 1.73. The van der Waals surface area contributed by atoms with Crippen LogP contribution in [-0.4, -0.2) is 27.6 Å². The van der Waals surface area contributed by atoms with Gasteiger partial charge in [0.05, 0.1) is 4.91 Å². The van der Waals surface area contributed by atoms with Crippen molar-refractivity contribution < 1.29 is 14.7 Å². The van der Waals surface area contributed by atoms with E-state index in [1.807, 2.05) is 31.2 Å². The van der Waals surface area contributed by atoms with E-state index in [0.29, 0.717) is 22.2 Å². The van der Waals surface area contributed by atoms with Gasteiger partial charge in [0.25, 0.3) is 5.91 Å². The van der Waals surface area contributed by atoms with Gasteiger partial charge in [-0.3, -0.25) is 9.69 Å². The molecule has 21 heavy (non-hydrogen) atoms. The first-order valence-corrected chi connectivity index (χ1v) is 7.72. The minimum absolute atomic E-state index is 0.0753. The molecule has 6 heteroatoms. The summed E-state index contributed by atoms with van der Waals surface area (Å²) in [5.74, 6) is -1.28. The van der Waals surface area contributed by atoms with Gasteiger partial charge in [0, 0.05) is 12.5 Å². The maximum atomic E-state index is 12.2.